The Morgan fingerprint density at radius 2 is 2.00 bits per heavy atom. The molecule has 0 bridgehead atoms. The molecule has 2 aromatic rings. The number of hydrogen-bond donors (Lipinski definition) is 1. The van der Waals surface area contributed by atoms with Gasteiger partial charge in [0.15, 0.2) is 0 Å². The van der Waals surface area contributed by atoms with Crippen LogP contribution in [0.4, 0.5) is 10.1 Å². The maximum absolute atomic E-state index is 13.9. The van der Waals surface area contributed by atoms with Crippen LogP contribution in [0, 0.1) is 12.7 Å². The second kappa shape index (κ2) is 6.30. The van der Waals surface area contributed by atoms with E-state index in [1.807, 2.05) is 12.1 Å². The predicted molar refractivity (Wildman–Crippen MR) is 76.2 cm³/mol. The number of methoxy groups -OCH3 is 1. The van der Waals surface area contributed by atoms with E-state index in [1.54, 1.807) is 38.3 Å². The van der Waals surface area contributed by atoms with Crippen LogP contribution >= 0.6 is 0 Å². The quantitative estimate of drug-likeness (QED) is 0.925. The van der Waals surface area contributed by atoms with Gasteiger partial charge in [-0.3, -0.25) is 4.79 Å². The Morgan fingerprint density at radius 1 is 1.25 bits per heavy atom. The number of amides is 1. The molecule has 0 saturated carbocycles. The third-order valence-corrected chi connectivity index (χ3v) is 2.93. The van der Waals surface area contributed by atoms with Crippen LogP contribution < -0.4 is 5.32 Å². The van der Waals surface area contributed by atoms with E-state index in [9.17, 15) is 9.18 Å². The number of rotatable bonds is 4. The third kappa shape index (κ3) is 3.22. The van der Waals surface area contributed by atoms with E-state index >= 15 is 0 Å². The number of halogens is 1. The number of carbonyl (C=O) groups excluding carboxylic acids is 1. The number of ether oxygens (including phenoxy) is 1. The lowest BCUT2D eigenvalue weighted by molar-refractivity contribution is 0.102. The average molecular weight is 273 g/mol. The SMILES string of the molecule is COCc1cccc(NC(=O)c2cccc(C)c2F)c1. The zero-order chi connectivity index (χ0) is 14.5. The number of anilines is 1. The normalized spacial score (nSPS) is 10.3. The number of benzene rings is 2. The Labute approximate surface area is 117 Å². The number of nitrogens with one attached hydrogen (secondary N) is 1. The van der Waals surface area contributed by atoms with Crippen LogP contribution in [0.15, 0.2) is 42.5 Å². The summed E-state index contributed by atoms with van der Waals surface area (Å²) in [5, 5.41) is 2.69. The Kier molecular flexibility index (Phi) is 4.48. The predicted octanol–water partition coefficient (Wildman–Crippen LogP) is 3.53. The minimum Gasteiger partial charge on any atom is -0.380 e. The van der Waals surface area contributed by atoms with Crippen molar-refractivity contribution in [2.24, 2.45) is 0 Å². The molecule has 2 aromatic carbocycles. The summed E-state index contributed by atoms with van der Waals surface area (Å²) in [6, 6.07) is 12.0. The Morgan fingerprint density at radius 3 is 2.75 bits per heavy atom. The lowest BCUT2D eigenvalue weighted by Crippen LogP contribution is -2.14. The monoisotopic (exact) mass is 273 g/mol. The second-order valence-corrected chi connectivity index (χ2v) is 4.52. The number of carbonyl (C=O) groups is 1. The molecule has 0 fully saturated rings. The molecule has 1 N–H and O–H groups in total. The molecule has 104 valence electrons. The largest absolute Gasteiger partial charge is 0.380 e. The summed E-state index contributed by atoms with van der Waals surface area (Å²) in [5.74, 6) is -0.946. The van der Waals surface area contributed by atoms with Crippen molar-refractivity contribution in [3.8, 4) is 0 Å². The molecule has 0 saturated heterocycles. The first-order valence-electron chi connectivity index (χ1n) is 6.26. The van der Waals surface area contributed by atoms with Crippen LogP contribution in [0.5, 0.6) is 0 Å². The number of aryl methyl sites for hydroxylation is 1. The minimum absolute atomic E-state index is 0.0437. The lowest BCUT2D eigenvalue weighted by Gasteiger charge is -2.08. The van der Waals surface area contributed by atoms with E-state index < -0.39 is 11.7 Å². The highest BCUT2D eigenvalue weighted by molar-refractivity contribution is 6.04. The first-order valence-corrected chi connectivity index (χ1v) is 6.26. The van der Waals surface area contributed by atoms with Crippen molar-refractivity contribution in [3.05, 3.63) is 65.0 Å². The molecule has 0 spiro atoms. The zero-order valence-electron chi connectivity index (χ0n) is 11.4. The molecule has 0 unspecified atom stereocenters. The average Bonchev–Trinajstić information content (AvgIpc) is 2.42. The van der Waals surface area contributed by atoms with Crippen LogP contribution in [0.2, 0.25) is 0 Å². The van der Waals surface area contributed by atoms with Crippen LogP contribution in [0.3, 0.4) is 0 Å². The molecule has 0 aliphatic carbocycles. The fraction of sp³-hybridized carbons (Fsp3) is 0.188. The molecule has 0 radical (unpaired) electrons. The molecule has 0 heterocycles. The van der Waals surface area contributed by atoms with Gasteiger partial charge in [-0.2, -0.15) is 0 Å². The first kappa shape index (κ1) is 14.2. The maximum Gasteiger partial charge on any atom is 0.258 e. The Bertz CT molecular complexity index is 626. The molecule has 0 aromatic heterocycles. The van der Waals surface area contributed by atoms with Gasteiger partial charge in [0.2, 0.25) is 0 Å². The minimum atomic E-state index is -0.488. The van der Waals surface area contributed by atoms with Gasteiger partial charge in [0, 0.05) is 12.8 Å². The van der Waals surface area contributed by atoms with Gasteiger partial charge in [-0.05, 0) is 36.2 Å². The zero-order valence-corrected chi connectivity index (χ0v) is 11.4. The highest BCUT2D eigenvalue weighted by atomic mass is 19.1. The summed E-state index contributed by atoms with van der Waals surface area (Å²) in [4.78, 5) is 12.1. The standard InChI is InChI=1S/C16H16FNO2/c1-11-5-3-8-14(15(11)17)16(19)18-13-7-4-6-12(9-13)10-20-2/h3-9H,10H2,1-2H3,(H,18,19). The summed E-state index contributed by atoms with van der Waals surface area (Å²) in [5.41, 5.74) is 2.05. The third-order valence-electron chi connectivity index (χ3n) is 2.93. The van der Waals surface area contributed by atoms with Crippen LogP contribution in [-0.2, 0) is 11.3 Å². The van der Waals surface area contributed by atoms with Crippen molar-refractivity contribution >= 4 is 11.6 Å². The molecule has 20 heavy (non-hydrogen) atoms. The van der Waals surface area contributed by atoms with Gasteiger partial charge in [-0.15, -0.1) is 0 Å². The molecule has 1 amide bonds. The van der Waals surface area contributed by atoms with E-state index in [-0.39, 0.29) is 5.56 Å². The van der Waals surface area contributed by atoms with E-state index in [0.29, 0.717) is 17.9 Å². The summed E-state index contributed by atoms with van der Waals surface area (Å²) in [7, 11) is 1.60. The van der Waals surface area contributed by atoms with Gasteiger partial charge in [0.05, 0.1) is 12.2 Å². The van der Waals surface area contributed by atoms with Gasteiger partial charge >= 0.3 is 0 Å². The topological polar surface area (TPSA) is 38.3 Å². The fourth-order valence-electron chi connectivity index (χ4n) is 1.93. The van der Waals surface area contributed by atoms with E-state index in [1.165, 1.54) is 6.07 Å². The van der Waals surface area contributed by atoms with Gasteiger partial charge in [-0.1, -0.05) is 24.3 Å². The van der Waals surface area contributed by atoms with E-state index in [0.717, 1.165) is 5.56 Å². The highest BCUT2D eigenvalue weighted by Crippen LogP contribution is 2.16. The van der Waals surface area contributed by atoms with Gasteiger partial charge < -0.3 is 10.1 Å². The van der Waals surface area contributed by atoms with Crippen LogP contribution in [0.1, 0.15) is 21.5 Å². The molecule has 0 atom stereocenters. The molecule has 2 rings (SSSR count). The van der Waals surface area contributed by atoms with Crippen LogP contribution in [-0.4, -0.2) is 13.0 Å². The summed E-state index contributed by atoms with van der Waals surface area (Å²) >= 11 is 0. The smallest absolute Gasteiger partial charge is 0.258 e. The van der Waals surface area contributed by atoms with E-state index in [4.69, 9.17) is 4.74 Å². The van der Waals surface area contributed by atoms with Crippen molar-refractivity contribution in [2.75, 3.05) is 12.4 Å². The van der Waals surface area contributed by atoms with Crippen molar-refractivity contribution in [1.82, 2.24) is 0 Å². The summed E-state index contributed by atoms with van der Waals surface area (Å²) in [6.07, 6.45) is 0. The second-order valence-electron chi connectivity index (χ2n) is 4.52. The maximum atomic E-state index is 13.9. The Balaban J connectivity index is 2.19. The van der Waals surface area contributed by atoms with Gasteiger partial charge in [0.1, 0.15) is 5.82 Å². The fourth-order valence-corrected chi connectivity index (χ4v) is 1.93. The van der Waals surface area contributed by atoms with Crippen molar-refractivity contribution < 1.29 is 13.9 Å². The number of hydrogen-bond acceptors (Lipinski definition) is 2. The van der Waals surface area contributed by atoms with Gasteiger partial charge in [0.25, 0.3) is 5.91 Å². The van der Waals surface area contributed by atoms with Crippen molar-refractivity contribution in [2.45, 2.75) is 13.5 Å². The molecular formula is C16H16FNO2. The first-order chi connectivity index (χ1) is 9.61. The van der Waals surface area contributed by atoms with Crippen molar-refractivity contribution in [3.63, 3.8) is 0 Å². The molecular weight excluding hydrogens is 257 g/mol. The molecule has 0 aliphatic heterocycles. The summed E-state index contributed by atoms with van der Waals surface area (Å²) < 4.78 is 18.9. The molecule has 3 nitrogen and oxygen atoms in total. The molecule has 4 heteroatoms. The molecule has 0 aliphatic rings. The summed E-state index contributed by atoms with van der Waals surface area (Å²) in [6.45, 7) is 2.09. The van der Waals surface area contributed by atoms with Crippen LogP contribution in [0.25, 0.3) is 0 Å². The highest BCUT2D eigenvalue weighted by Gasteiger charge is 2.13. The van der Waals surface area contributed by atoms with Gasteiger partial charge in [-0.25, -0.2) is 4.39 Å². The van der Waals surface area contributed by atoms with Crippen molar-refractivity contribution in [1.29, 1.82) is 0 Å². The Hall–Kier alpha value is -2.20. The lowest BCUT2D eigenvalue weighted by atomic mass is 10.1. The van der Waals surface area contributed by atoms with E-state index in [2.05, 4.69) is 5.32 Å².